The van der Waals surface area contributed by atoms with Gasteiger partial charge in [-0.05, 0) is 54.7 Å². The maximum Gasteiger partial charge on any atom is 0.0210 e. The van der Waals surface area contributed by atoms with Gasteiger partial charge < -0.3 is 0 Å². The molecule has 0 unspecified atom stereocenters. The lowest BCUT2D eigenvalue weighted by molar-refractivity contribution is 0.437. The van der Waals surface area contributed by atoms with E-state index in [0.717, 1.165) is 5.41 Å². The zero-order valence-corrected chi connectivity index (χ0v) is 9.23. The molecule has 0 bridgehead atoms. The van der Waals surface area contributed by atoms with Crippen LogP contribution in [-0.2, 0) is 12.8 Å². The first kappa shape index (κ1) is 8.05. The van der Waals surface area contributed by atoms with Crippen molar-refractivity contribution in [3.8, 4) is 0 Å². The maximum absolute atomic E-state index is 3.64. The largest absolute Gasteiger partial charge is 0.0609 e. The van der Waals surface area contributed by atoms with Crippen molar-refractivity contribution in [2.45, 2.75) is 32.1 Å². The van der Waals surface area contributed by atoms with E-state index in [4.69, 9.17) is 0 Å². The first-order valence-electron chi connectivity index (χ1n) is 5.05. The van der Waals surface area contributed by atoms with Crippen LogP contribution in [0.25, 0.3) is 0 Å². The van der Waals surface area contributed by atoms with Crippen molar-refractivity contribution in [1.29, 1.82) is 0 Å². The van der Waals surface area contributed by atoms with Crippen molar-refractivity contribution in [2.75, 3.05) is 0 Å². The van der Waals surface area contributed by atoms with Crippen molar-refractivity contribution < 1.29 is 0 Å². The molecule has 1 aromatic rings. The molecule has 0 atom stereocenters. The molecule has 0 N–H and O–H groups in total. The highest BCUT2D eigenvalue weighted by molar-refractivity contribution is 9.10. The summed E-state index contributed by atoms with van der Waals surface area (Å²) in [5.74, 6) is 0. The summed E-state index contributed by atoms with van der Waals surface area (Å²) in [6, 6.07) is 6.65. The van der Waals surface area contributed by atoms with Gasteiger partial charge in [-0.2, -0.15) is 0 Å². The van der Waals surface area contributed by atoms with Crippen molar-refractivity contribution in [3.63, 3.8) is 0 Å². The SMILES string of the molecule is Brc1cccc2c1CCC1(CC1)C2. The fraction of sp³-hybridized carbons (Fsp3) is 0.500. The molecule has 1 aromatic carbocycles. The fourth-order valence-corrected chi connectivity index (χ4v) is 3.14. The molecule has 1 fully saturated rings. The zero-order valence-electron chi connectivity index (χ0n) is 7.65. The monoisotopic (exact) mass is 236 g/mol. The molecule has 0 saturated heterocycles. The molecule has 1 heteroatoms. The summed E-state index contributed by atoms with van der Waals surface area (Å²) < 4.78 is 1.32. The average Bonchev–Trinajstić information content (AvgIpc) is 2.85. The third-order valence-corrected chi connectivity index (χ3v) is 4.39. The molecule has 0 nitrogen and oxygen atoms in total. The van der Waals surface area contributed by atoms with Gasteiger partial charge in [0.05, 0.1) is 0 Å². The Kier molecular flexibility index (Phi) is 1.61. The van der Waals surface area contributed by atoms with Crippen LogP contribution in [0, 0.1) is 5.41 Å². The van der Waals surface area contributed by atoms with Crippen molar-refractivity contribution >= 4 is 15.9 Å². The number of fused-ring (bicyclic) bond motifs is 1. The summed E-state index contributed by atoms with van der Waals surface area (Å²) in [7, 11) is 0. The Morgan fingerprint density at radius 2 is 2.00 bits per heavy atom. The second-order valence-electron chi connectivity index (χ2n) is 4.55. The number of hydrogen-bond acceptors (Lipinski definition) is 0. The average molecular weight is 237 g/mol. The van der Waals surface area contributed by atoms with E-state index in [2.05, 4.69) is 34.1 Å². The van der Waals surface area contributed by atoms with E-state index >= 15 is 0 Å². The summed E-state index contributed by atoms with van der Waals surface area (Å²) in [6.07, 6.45) is 6.99. The lowest BCUT2D eigenvalue weighted by atomic mass is 9.82. The first-order valence-corrected chi connectivity index (χ1v) is 5.85. The first-order chi connectivity index (χ1) is 6.29. The molecule has 0 aromatic heterocycles. The summed E-state index contributed by atoms with van der Waals surface area (Å²) in [5, 5.41) is 0. The molecule has 3 rings (SSSR count). The number of rotatable bonds is 0. The lowest BCUT2D eigenvalue weighted by Crippen LogP contribution is -2.15. The molecule has 2 aliphatic carbocycles. The van der Waals surface area contributed by atoms with Gasteiger partial charge in [0.15, 0.2) is 0 Å². The molecule has 0 amide bonds. The highest BCUT2D eigenvalue weighted by atomic mass is 79.9. The van der Waals surface area contributed by atoms with Gasteiger partial charge in [-0.3, -0.25) is 0 Å². The Bertz CT molecular complexity index is 350. The van der Waals surface area contributed by atoms with Crippen LogP contribution in [0.15, 0.2) is 22.7 Å². The quantitative estimate of drug-likeness (QED) is 0.645. The van der Waals surface area contributed by atoms with Gasteiger partial charge in [0.1, 0.15) is 0 Å². The number of benzene rings is 1. The predicted octanol–water partition coefficient (Wildman–Crippen LogP) is 3.72. The highest BCUT2D eigenvalue weighted by Gasteiger charge is 2.44. The third kappa shape index (κ3) is 1.25. The van der Waals surface area contributed by atoms with Crippen LogP contribution in [0.5, 0.6) is 0 Å². The molecular weight excluding hydrogens is 224 g/mol. The van der Waals surface area contributed by atoms with Gasteiger partial charge in [0, 0.05) is 4.47 Å². The minimum absolute atomic E-state index is 0.744. The zero-order chi connectivity index (χ0) is 8.89. The van der Waals surface area contributed by atoms with Crippen LogP contribution in [0.3, 0.4) is 0 Å². The Labute approximate surface area is 87.5 Å². The van der Waals surface area contributed by atoms with Crippen molar-refractivity contribution in [2.24, 2.45) is 5.41 Å². The van der Waals surface area contributed by atoms with E-state index in [-0.39, 0.29) is 0 Å². The van der Waals surface area contributed by atoms with E-state index in [1.54, 1.807) is 11.1 Å². The van der Waals surface area contributed by atoms with Crippen molar-refractivity contribution in [1.82, 2.24) is 0 Å². The van der Waals surface area contributed by atoms with Gasteiger partial charge >= 0.3 is 0 Å². The summed E-state index contributed by atoms with van der Waals surface area (Å²) >= 11 is 3.64. The van der Waals surface area contributed by atoms with Crippen LogP contribution < -0.4 is 0 Å². The van der Waals surface area contributed by atoms with Gasteiger partial charge in [0.2, 0.25) is 0 Å². The van der Waals surface area contributed by atoms with Gasteiger partial charge in [0.25, 0.3) is 0 Å². The Morgan fingerprint density at radius 3 is 2.77 bits per heavy atom. The molecule has 1 saturated carbocycles. The Hall–Kier alpha value is -0.300. The second-order valence-corrected chi connectivity index (χ2v) is 5.41. The van der Waals surface area contributed by atoms with Crippen LogP contribution in [0.2, 0.25) is 0 Å². The summed E-state index contributed by atoms with van der Waals surface area (Å²) in [6.45, 7) is 0. The molecule has 0 heterocycles. The Morgan fingerprint density at radius 1 is 1.15 bits per heavy atom. The van der Waals surface area contributed by atoms with Crippen LogP contribution in [0.1, 0.15) is 30.4 Å². The molecule has 1 spiro atoms. The van der Waals surface area contributed by atoms with Crippen LogP contribution in [-0.4, -0.2) is 0 Å². The minimum atomic E-state index is 0.744. The topological polar surface area (TPSA) is 0 Å². The molecule has 68 valence electrons. The predicted molar refractivity (Wildman–Crippen MR) is 57.8 cm³/mol. The summed E-state index contributed by atoms with van der Waals surface area (Å²) in [4.78, 5) is 0. The molecule has 13 heavy (non-hydrogen) atoms. The fourth-order valence-electron chi connectivity index (χ4n) is 2.54. The lowest BCUT2D eigenvalue weighted by Gasteiger charge is -2.24. The van der Waals surface area contributed by atoms with Crippen LogP contribution >= 0.6 is 15.9 Å². The molecule has 0 aliphatic heterocycles. The Balaban J connectivity index is 2.05. The smallest absolute Gasteiger partial charge is 0.0210 e. The normalized spacial score (nSPS) is 22.8. The summed E-state index contributed by atoms with van der Waals surface area (Å²) in [5.41, 5.74) is 3.91. The second kappa shape index (κ2) is 2.60. The van der Waals surface area contributed by atoms with E-state index in [0.29, 0.717) is 0 Å². The maximum atomic E-state index is 3.64. The highest BCUT2D eigenvalue weighted by Crippen LogP contribution is 2.55. The number of hydrogen-bond donors (Lipinski definition) is 0. The van der Waals surface area contributed by atoms with Gasteiger partial charge in [-0.25, -0.2) is 0 Å². The van der Waals surface area contributed by atoms with E-state index < -0.39 is 0 Å². The number of halogens is 1. The molecule has 2 aliphatic rings. The van der Waals surface area contributed by atoms with Gasteiger partial charge in [-0.15, -0.1) is 0 Å². The standard InChI is InChI=1S/C12H13Br/c13-11-3-1-2-9-8-12(6-7-12)5-4-10(9)11/h1-3H,4-8H2. The van der Waals surface area contributed by atoms with E-state index in [1.807, 2.05) is 0 Å². The molecular formula is C12H13Br. The third-order valence-electron chi connectivity index (χ3n) is 3.64. The minimum Gasteiger partial charge on any atom is -0.0609 e. The van der Waals surface area contributed by atoms with Crippen molar-refractivity contribution in [3.05, 3.63) is 33.8 Å². The van der Waals surface area contributed by atoms with Gasteiger partial charge in [-0.1, -0.05) is 28.1 Å². The van der Waals surface area contributed by atoms with E-state index in [9.17, 15) is 0 Å². The van der Waals surface area contributed by atoms with E-state index in [1.165, 1.54) is 36.6 Å². The molecule has 0 radical (unpaired) electrons. The van der Waals surface area contributed by atoms with Crippen LogP contribution in [0.4, 0.5) is 0 Å².